The van der Waals surface area contributed by atoms with Gasteiger partial charge in [0.1, 0.15) is 67.7 Å². The van der Waals surface area contributed by atoms with Crippen LogP contribution in [0.2, 0.25) is 10.0 Å². The van der Waals surface area contributed by atoms with Crippen molar-refractivity contribution >= 4 is 81.9 Å². The number of anilines is 5. The van der Waals surface area contributed by atoms with Gasteiger partial charge in [0.25, 0.3) is 5.69 Å². The number of ether oxygens (including phenoxy) is 5. The van der Waals surface area contributed by atoms with E-state index in [-0.39, 0.29) is 44.6 Å². The quantitative estimate of drug-likeness (QED) is 0.118. The van der Waals surface area contributed by atoms with Crippen LogP contribution in [-0.2, 0) is 14.2 Å². The van der Waals surface area contributed by atoms with Crippen molar-refractivity contribution in [3.63, 3.8) is 0 Å². The average molecular weight is 904 g/mol. The van der Waals surface area contributed by atoms with Crippen molar-refractivity contribution in [1.82, 2.24) is 14.9 Å². The molecule has 21 heteroatoms. The Morgan fingerprint density at radius 3 is 1.85 bits per heavy atom. The highest BCUT2D eigenvalue weighted by Crippen LogP contribution is 2.48. The minimum atomic E-state index is -1.17. The number of nitrogens with zero attached hydrogens (tertiary/aromatic N) is 8. The van der Waals surface area contributed by atoms with Crippen LogP contribution in [0.4, 0.5) is 53.6 Å². The number of hydrogen-bond donors (Lipinski definition) is 0. The summed E-state index contributed by atoms with van der Waals surface area (Å²) >= 11 is 13.4. The Labute approximate surface area is 369 Å². The molecule has 62 heavy (non-hydrogen) atoms. The van der Waals surface area contributed by atoms with Gasteiger partial charge in [0, 0.05) is 50.6 Å². The normalized spacial score (nSPS) is 14.7. The van der Waals surface area contributed by atoms with Crippen LogP contribution in [-0.4, -0.2) is 107 Å². The molecule has 1 spiro atoms. The van der Waals surface area contributed by atoms with E-state index in [1.165, 1.54) is 45.5 Å². The lowest BCUT2D eigenvalue weighted by atomic mass is 10.1. The lowest BCUT2D eigenvalue weighted by Crippen LogP contribution is -2.58. The van der Waals surface area contributed by atoms with Crippen LogP contribution in [0.25, 0.3) is 0 Å². The summed E-state index contributed by atoms with van der Waals surface area (Å²) in [6.45, 7) is 16.2. The number of rotatable bonds is 8. The number of benzene rings is 2. The first-order chi connectivity index (χ1) is 28.7. The maximum atomic E-state index is 14.5. The molecule has 3 aromatic rings. The molecule has 0 radical (unpaired) electrons. The van der Waals surface area contributed by atoms with Gasteiger partial charge in [-0.3, -0.25) is 19.9 Å². The Bertz CT molecular complexity index is 2220. The molecule has 5 rings (SSSR count). The largest absolute Gasteiger partial charge is 0.495 e. The van der Waals surface area contributed by atoms with Crippen molar-refractivity contribution in [1.29, 1.82) is 0 Å². The smallest absolute Gasteiger partial charge is 0.423 e. The third kappa shape index (κ3) is 10.4. The van der Waals surface area contributed by atoms with Crippen LogP contribution in [0.5, 0.6) is 11.5 Å². The summed E-state index contributed by atoms with van der Waals surface area (Å²) in [5, 5.41) is 12.4. The van der Waals surface area contributed by atoms with Crippen LogP contribution >= 0.6 is 23.2 Å². The molecule has 0 atom stereocenters. The molecule has 1 saturated heterocycles. The molecule has 2 heterocycles. The van der Waals surface area contributed by atoms with Crippen molar-refractivity contribution in [2.24, 2.45) is 0 Å². The molecule has 2 fully saturated rings. The summed E-state index contributed by atoms with van der Waals surface area (Å²) in [5.41, 5.74) is -3.83. The van der Waals surface area contributed by atoms with Gasteiger partial charge >= 0.3 is 24.3 Å². The molecule has 1 aliphatic carbocycles. The number of imide groups is 1. The predicted octanol–water partition coefficient (Wildman–Crippen LogP) is 9.37. The maximum absolute atomic E-state index is 14.5. The molecule has 19 nitrogen and oxygen atoms in total. The van der Waals surface area contributed by atoms with Crippen molar-refractivity contribution in [2.45, 2.75) is 97.5 Å². The summed E-state index contributed by atoms with van der Waals surface area (Å²) < 4.78 is 27.7. The summed E-state index contributed by atoms with van der Waals surface area (Å²) in [7, 11) is 3.91. The first-order valence-electron chi connectivity index (χ1n) is 19.5. The van der Waals surface area contributed by atoms with E-state index >= 15 is 0 Å². The first kappa shape index (κ1) is 47.2. The Kier molecular flexibility index (Phi) is 13.3. The van der Waals surface area contributed by atoms with Crippen molar-refractivity contribution in [3.05, 3.63) is 56.8 Å². The topological polar surface area (TPSA) is 200 Å². The Morgan fingerprint density at radius 2 is 1.34 bits per heavy atom. The Morgan fingerprint density at radius 1 is 0.790 bits per heavy atom. The van der Waals surface area contributed by atoms with E-state index in [1.54, 1.807) is 73.3 Å². The Hall–Kier alpha value is -5.82. The molecule has 1 saturated carbocycles. The second-order valence-corrected chi connectivity index (χ2v) is 18.4. The lowest BCUT2D eigenvalue weighted by Gasteiger charge is -2.43. The molecule has 2 aliphatic rings. The van der Waals surface area contributed by atoms with Gasteiger partial charge in [-0.1, -0.05) is 23.2 Å². The van der Waals surface area contributed by atoms with Crippen LogP contribution in [0.1, 0.15) is 75.2 Å². The van der Waals surface area contributed by atoms with Crippen LogP contribution in [0.15, 0.2) is 36.7 Å². The summed E-state index contributed by atoms with van der Waals surface area (Å²) in [5.74, 6) is -0.370. The fraction of sp³-hybridized carbons (Fsp3) is 0.512. The number of amides is 5. The second kappa shape index (κ2) is 17.5. The van der Waals surface area contributed by atoms with Crippen molar-refractivity contribution < 1.29 is 47.8 Å². The van der Waals surface area contributed by atoms with E-state index in [4.69, 9.17) is 46.9 Å². The third-order valence-electron chi connectivity index (χ3n) is 9.47. The van der Waals surface area contributed by atoms with E-state index in [1.807, 2.05) is 4.90 Å². The molecule has 0 N–H and O–H groups in total. The molecule has 1 aromatic heterocycles. The molecule has 0 bridgehead atoms. The fourth-order valence-electron chi connectivity index (χ4n) is 6.57. The average Bonchev–Trinajstić information content (AvgIpc) is 3.92. The van der Waals surface area contributed by atoms with Gasteiger partial charge in [-0.2, -0.15) is 4.90 Å². The molecule has 1 aliphatic heterocycles. The number of hydrogen-bond acceptors (Lipinski definition) is 14. The summed E-state index contributed by atoms with van der Waals surface area (Å²) in [6, 6.07) is 5.87. The van der Waals surface area contributed by atoms with E-state index < -0.39 is 57.3 Å². The van der Waals surface area contributed by atoms with Gasteiger partial charge in [-0.15, -0.1) is 0 Å². The fourth-order valence-corrected chi connectivity index (χ4v) is 7.24. The van der Waals surface area contributed by atoms with E-state index in [0.29, 0.717) is 30.2 Å². The zero-order chi connectivity index (χ0) is 46.3. The number of nitro benzene ring substituents is 1. The zero-order valence-corrected chi connectivity index (χ0v) is 38.3. The van der Waals surface area contributed by atoms with Gasteiger partial charge in [0.15, 0.2) is 0 Å². The van der Waals surface area contributed by atoms with Gasteiger partial charge in [-0.05, 0) is 87.3 Å². The summed E-state index contributed by atoms with van der Waals surface area (Å²) in [4.78, 5) is 82.4. The number of carbonyl (C=O) groups excluding carboxylic acids is 4. The zero-order valence-electron chi connectivity index (χ0n) is 36.8. The van der Waals surface area contributed by atoms with Gasteiger partial charge < -0.3 is 28.6 Å². The lowest BCUT2D eigenvalue weighted by molar-refractivity contribution is -0.384. The number of methoxy groups -OCH3 is 2. The maximum Gasteiger partial charge on any atom is 0.423 e. The standard InChI is InChI=1S/C41H52Cl2N8O11/c1-38(2,3)60-35(53)48-18-17-47(22-41(48)15-16-41)24-13-14-25(26(19-24)51(56)57)49(36(54)61-39(4,5)6)30-21-29(44-23-45-30)46(10)34(52)50(37(55)62-40(7,8)9)33-31(42)27(58-11)20-28(59-12)32(33)43/h13-14,19-21,23H,15-18,22H2,1-12H3. The molecule has 336 valence electrons. The van der Waals surface area contributed by atoms with E-state index in [9.17, 15) is 29.3 Å². The SMILES string of the molecule is COc1cc(OC)c(Cl)c(N(C(=O)OC(C)(C)C)C(=O)N(C)c2cc(N(C(=O)OC(C)(C)C)c3ccc(N4CCN(C(=O)OC(C)(C)C)C5(CC5)C4)cc3[N+](=O)[O-])ncn2)c1Cl. The highest BCUT2D eigenvalue weighted by molar-refractivity contribution is 6.43. The van der Waals surface area contributed by atoms with E-state index in [2.05, 4.69) is 9.97 Å². The van der Waals surface area contributed by atoms with Crippen LogP contribution in [0, 0.1) is 10.1 Å². The number of carbonyl (C=O) groups is 4. The minimum Gasteiger partial charge on any atom is -0.495 e. The number of nitro groups is 1. The third-order valence-corrected chi connectivity index (χ3v) is 10.2. The molecule has 5 amide bonds. The van der Waals surface area contributed by atoms with Gasteiger partial charge in [0.2, 0.25) is 0 Å². The van der Waals surface area contributed by atoms with Gasteiger partial charge in [0.05, 0.1) is 24.7 Å². The first-order valence-corrected chi connectivity index (χ1v) is 20.3. The molecular weight excluding hydrogens is 851 g/mol. The number of halogens is 2. The Balaban J connectivity index is 1.56. The minimum absolute atomic E-state index is 0.0203. The monoisotopic (exact) mass is 902 g/mol. The van der Waals surface area contributed by atoms with Gasteiger partial charge in [-0.25, -0.2) is 34.0 Å². The predicted molar refractivity (Wildman–Crippen MR) is 233 cm³/mol. The number of piperazine rings is 1. The molecule has 2 aromatic carbocycles. The van der Waals surface area contributed by atoms with Crippen molar-refractivity contribution in [2.75, 3.05) is 60.5 Å². The summed E-state index contributed by atoms with van der Waals surface area (Å²) in [6.07, 6.45) is -0.110. The highest BCUT2D eigenvalue weighted by atomic mass is 35.5. The van der Waals surface area contributed by atoms with E-state index in [0.717, 1.165) is 29.0 Å². The molecule has 0 unspecified atom stereocenters. The number of urea groups is 1. The number of aromatic nitrogens is 2. The second-order valence-electron chi connectivity index (χ2n) is 17.7. The molecular formula is C41H52Cl2N8O11. The highest BCUT2D eigenvalue weighted by Gasteiger charge is 2.54. The van der Waals surface area contributed by atoms with Crippen molar-refractivity contribution in [3.8, 4) is 11.5 Å². The van der Waals surface area contributed by atoms with Crippen LogP contribution < -0.4 is 29.1 Å². The van der Waals surface area contributed by atoms with Crippen LogP contribution in [0.3, 0.4) is 0 Å².